The SMILES string of the molecule is COC1CCCCC1NC(C)c1ccc(N2CCC(O)CC2)cc1. The normalized spacial score (nSPS) is 27.2. The second-order valence-electron chi connectivity index (χ2n) is 7.36. The van der Waals surface area contributed by atoms with E-state index in [0.29, 0.717) is 18.2 Å². The third-order valence-electron chi connectivity index (χ3n) is 5.69. The predicted octanol–water partition coefficient (Wildman–Crippen LogP) is 3.26. The van der Waals surface area contributed by atoms with Crippen molar-refractivity contribution in [2.45, 2.75) is 69.7 Å². The van der Waals surface area contributed by atoms with Crippen molar-refractivity contribution in [3.63, 3.8) is 0 Å². The number of hydrogen-bond donors (Lipinski definition) is 2. The highest BCUT2D eigenvalue weighted by Crippen LogP contribution is 2.26. The molecule has 1 aromatic rings. The first kappa shape index (κ1) is 17.7. The van der Waals surface area contributed by atoms with Gasteiger partial charge in [-0.3, -0.25) is 0 Å². The number of nitrogens with one attached hydrogen (secondary N) is 1. The van der Waals surface area contributed by atoms with Crippen molar-refractivity contribution in [3.05, 3.63) is 29.8 Å². The van der Waals surface area contributed by atoms with E-state index in [1.165, 1.54) is 36.9 Å². The van der Waals surface area contributed by atoms with Crippen LogP contribution in [0.1, 0.15) is 57.1 Å². The van der Waals surface area contributed by atoms with Gasteiger partial charge in [0.25, 0.3) is 0 Å². The Morgan fingerprint density at radius 3 is 2.42 bits per heavy atom. The summed E-state index contributed by atoms with van der Waals surface area (Å²) in [7, 11) is 1.83. The molecule has 4 heteroatoms. The molecule has 24 heavy (non-hydrogen) atoms. The molecular formula is C20H32N2O2. The maximum atomic E-state index is 9.64. The smallest absolute Gasteiger partial charge is 0.0724 e. The summed E-state index contributed by atoms with van der Waals surface area (Å²) in [6.07, 6.45) is 6.93. The molecule has 0 bridgehead atoms. The van der Waals surface area contributed by atoms with E-state index in [1.54, 1.807) is 0 Å². The van der Waals surface area contributed by atoms with Gasteiger partial charge in [0.05, 0.1) is 12.2 Å². The van der Waals surface area contributed by atoms with Gasteiger partial charge in [0.15, 0.2) is 0 Å². The summed E-state index contributed by atoms with van der Waals surface area (Å²) in [5.74, 6) is 0. The molecule has 2 aliphatic rings. The van der Waals surface area contributed by atoms with Crippen LogP contribution in [0, 0.1) is 0 Å². The molecule has 3 rings (SSSR count). The first-order valence-corrected chi connectivity index (χ1v) is 9.49. The molecule has 1 heterocycles. The summed E-state index contributed by atoms with van der Waals surface area (Å²) in [6.45, 7) is 4.14. The fourth-order valence-electron chi connectivity index (χ4n) is 4.08. The van der Waals surface area contributed by atoms with Crippen molar-refractivity contribution < 1.29 is 9.84 Å². The Hall–Kier alpha value is -1.10. The van der Waals surface area contributed by atoms with Crippen molar-refractivity contribution in [3.8, 4) is 0 Å². The van der Waals surface area contributed by atoms with E-state index >= 15 is 0 Å². The Bertz CT molecular complexity index is 497. The molecule has 1 aliphatic heterocycles. The zero-order valence-electron chi connectivity index (χ0n) is 15.1. The zero-order valence-corrected chi connectivity index (χ0v) is 15.1. The lowest BCUT2D eigenvalue weighted by Crippen LogP contribution is -2.44. The van der Waals surface area contributed by atoms with Gasteiger partial charge in [-0.2, -0.15) is 0 Å². The first-order chi connectivity index (χ1) is 11.7. The molecule has 4 nitrogen and oxygen atoms in total. The van der Waals surface area contributed by atoms with Crippen molar-refractivity contribution in [1.82, 2.24) is 5.32 Å². The maximum absolute atomic E-state index is 9.64. The Labute approximate surface area is 146 Å². The van der Waals surface area contributed by atoms with E-state index in [2.05, 4.69) is 41.4 Å². The second kappa shape index (κ2) is 8.32. The van der Waals surface area contributed by atoms with Gasteiger partial charge in [-0.15, -0.1) is 0 Å². The van der Waals surface area contributed by atoms with Crippen molar-refractivity contribution in [1.29, 1.82) is 0 Å². The van der Waals surface area contributed by atoms with Gasteiger partial charge in [-0.1, -0.05) is 25.0 Å². The van der Waals surface area contributed by atoms with Crippen LogP contribution in [0.25, 0.3) is 0 Å². The number of nitrogens with zero attached hydrogens (tertiary/aromatic N) is 1. The van der Waals surface area contributed by atoms with Crippen LogP contribution in [0.5, 0.6) is 0 Å². The predicted molar refractivity (Wildman–Crippen MR) is 98.5 cm³/mol. The van der Waals surface area contributed by atoms with Gasteiger partial charge < -0.3 is 20.1 Å². The van der Waals surface area contributed by atoms with Crippen LogP contribution in [0.4, 0.5) is 5.69 Å². The van der Waals surface area contributed by atoms with Gasteiger partial charge in [0.2, 0.25) is 0 Å². The minimum atomic E-state index is -0.117. The molecule has 2 N–H and O–H groups in total. The monoisotopic (exact) mass is 332 g/mol. The van der Waals surface area contributed by atoms with Gasteiger partial charge in [0, 0.05) is 38.0 Å². The maximum Gasteiger partial charge on any atom is 0.0724 e. The summed E-state index contributed by atoms with van der Waals surface area (Å²) in [6, 6.07) is 9.72. The molecule has 0 amide bonds. The van der Waals surface area contributed by atoms with Gasteiger partial charge in [-0.05, 0) is 50.3 Å². The molecule has 1 aromatic carbocycles. The van der Waals surface area contributed by atoms with Crippen molar-refractivity contribution >= 4 is 5.69 Å². The Morgan fingerprint density at radius 1 is 1.08 bits per heavy atom. The Morgan fingerprint density at radius 2 is 1.75 bits per heavy atom. The average Bonchev–Trinajstić information content (AvgIpc) is 2.63. The third kappa shape index (κ3) is 4.29. The molecule has 3 atom stereocenters. The van der Waals surface area contributed by atoms with Crippen LogP contribution >= 0.6 is 0 Å². The van der Waals surface area contributed by atoms with Crippen LogP contribution in [-0.2, 0) is 4.74 Å². The van der Waals surface area contributed by atoms with Crippen molar-refractivity contribution in [2.75, 3.05) is 25.1 Å². The highest BCUT2D eigenvalue weighted by molar-refractivity contribution is 5.48. The van der Waals surface area contributed by atoms with Crippen LogP contribution in [0.3, 0.4) is 0 Å². The quantitative estimate of drug-likeness (QED) is 0.869. The second-order valence-corrected chi connectivity index (χ2v) is 7.36. The van der Waals surface area contributed by atoms with Gasteiger partial charge in [-0.25, -0.2) is 0 Å². The molecule has 0 radical (unpaired) electrons. The lowest BCUT2D eigenvalue weighted by molar-refractivity contribution is 0.0384. The largest absolute Gasteiger partial charge is 0.393 e. The lowest BCUT2D eigenvalue weighted by Gasteiger charge is -2.34. The fraction of sp³-hybridized carbons (Fsp3) is 0.700. The van der Waals surface area contributed by atoms with Gasteiger partial charge in [0.1, 0.15) is 0 Å². The number of anilines is 1. The first-order valence-electron chi connectivity index (χ1n) is 9.49. The number of benzene rings is 1. The Kier molecular flexibility index (Phi) is 6.14. The molecular weight excluding hydrogens is 300 g/mol. The number of methoxy groups -OCH3 is 1. The molecule has 1 saturated carbocycles. The molecule has 0 spiro atoms. The minimum Gasteiger partial charge on any atom is -0.393 e. The summed E-state index contributed by atoms with van der Waals surface area (Å²) in [5, 5.41) is 13.4. The van der Waals surface area contributed by atoms with Crippen LogP contribution in [0.2, 0.25) is 0 Å². The van der Waals surface area contributed by atoms with E-state index in [0.717, 1.165) is 25.9 Å². The van der Waals surface area contributed by atoms with E-state index in [-0.39, 0.29) is 6.10 Å². The molecule has 1 aliphatic carbocycles. The topological polar surface area (TPSA) is 44.7 Å². The van der Waals surface area contributed by atoms with Crippen LogP contribution < -0.4 is 10.2 Å². The molecule has 2 fully saturated rings. The number of piperidine rings is 1. The van der Waals surface area contributed by atoms with E-state index in [1.807, 2.05) is 7.11 Å². The van der Waals surface area contributed by atoms with Gasteiger partial charge >= 0.3 is 0 Å². The molecule has 0 aromatic heterocycles. The van der Waals surface area contributed by atoms with Crippen LogP contribution in [0.15, 0.2) is 24.3 Å². The lowest BCUT2D eigenvalue weighted by atomic mass is 9.91. The number of ether oxygens (including phenoxy) is 1. The highest BCUT2D eigenvalue weighted by Gasteiger charge is 2.26. The van der Waals surface area contributed by atoms with Crippen LogP contribution in [-0.4, -0.2) is 43.6 Å². The fourth-order valence-corrected chi connectivity index (χ4v) is 4.08. The highest BCUT2D eigenvalue weighted by atomic mass is 16.5. The van der Waals surface area contributed by atoms with E-state index < -0.39 is 0 Å². The Balaban J connectivity index is 1.58. The summed E-state index contributed by atoms with van der Waals surface area (Å²) in [5.41, 5.74) is 2.60. The molecule has 1 saturated heterocycles. The minimum absolute atomic E-state index is 0.117. The number of aliphatic hydroxyl groups is 1. The third-order valence-corrected chi connectivity index (χ3v) is 5.69. The van der Waals surface area contributed by atoms with E-state index in [4.69, 9.17) is 4.74 Å². The average molecular weight is 332 g/mol. The zero-order chi connectivity index (χ0) is 16.9. The molecule has 134 valence electrons. The number of aliphatic hydroxyl groups excluding tert-OH is 1. The van der Waals surface area contributed by atoms with E-state index in [9.17, 15) is 5.11 Å². The summed E-state index contributed by atoms with van der Waals surface area (Å²) < 4.78 is 5.66. The standard InChI is InChI=1S/C20H32N2O2/c1-15(21-19-5-3-4-6-20(19)24-2)16-7-9-17(10-8-16)22-13-11-18(23)12-14-22/h7-10,15,18-21,23H,3-6,11-14H2,1-2H3. The summed E-state index contributed by atoms with van der Waals surface area (Å²) in [4.78, 5) is 2.37. The number of hydrogen-bond acceptors (Lipinski definition) is 4. The summed E-state index contributed by atoms with van der Waals surface area (Å²) >= 11 is 0. The molecule has 3 unspecified atom stereocenters. The van der Waals surface area contributed by atoms with Crippen molar-refractivity contribution in [2.24, 2.45) is 0 Å². The number of rotatable bonds is 5.